The van der Waals surface area contributed by atoms with Crippen molar-refractivity contribution in [3.8, 4) is 11.8 Å². The fourth-order valence-electron chi connectivity index (χ4n) is 2.86. The first-order valence-corrected chi connectivity index (χ1v) is 9.41. The van der Waals surface area contributed by atoms with E-state index in [4.69, 9.17) is 9.47 Å². The normalized spacial score (nSPS) is 14.8. The van der Waals surface area contributed by atoms with E-state index in [-0.39, 0.29) is 12.5 Å². The number of benzene rings is 2. The Morgan fingerprint density at radius 3 is 2.34 bits per heavy atom. The average Bonchev–Trinajstić information content (AvgIpc) is 3.58. The quantitative estimate of drug-likeness (QED) is 0.635. The first kappa shape index (κ1) is 20.2. The van der Waals surface area contributed by atoms with Gasteiger partial charge in [0, 0.05) is 11.4 Å². The minimum atomic E-state index is -0.907. The Morgan fingerprint density at radius 2 is 1.72 bits per heavy atom. The van der Waals surface area contributed by atoms with Gasteiger partial charge in [-0.15, -0.1) is 0 Å². The van der Waals surface area contributed by atoms with Gasteiger partial charge >= 0.3 is 5.97 Å². The van der Waals surface area contributed by atoms with Gasteiger partial charge in [-0.2, -0.15) is 5.26 Å². The van der Waals surface area contributed by atoms with E-state index in [9.17, 15) is 14.9 Å². The number of carbonyl (C=O) groups is 2. The predicted octanol–water partition coefficient (Wildman–Crippen LogP) is 3.16. The molecule has 0 bridgehead atoms. The number of carbonyl (C=O) groups excluding carboxylic acids is 2. The SMILES string of the molecule is C[C@@](C#N)(NC(=O)COC(=O)COc1ccc(Nc2ccccc2)cc1)C1CC1. The third-order valence-corrected chi connectivity index (χ3v) is 4.66. The second-order valence-electron chi connectivity index (χ2n) is 7.10. The van der Waals surface area contributed by atoms with Crippen LogP contribution in [0.5, 0.6) is 5.75 Å². The second kappa shape index (κ2) is 9.11. The van der Waals surface area contributed by atoms with Gasteiger partial charge in [0.05, 0.1) is 6.07 Å². The average molecular weight is 393 g/mol. The number of nitriles is 1. The number of anilines is 2. The lowest BCUT2D eigenvalue weighted by atomic mass is 9.98. The van der Waals surface area contributed by atoms with E-state index in [2.05, 4.69) is 16.7 Å². The molecule has 1 aliphatic rings. The molecule has 1 atom stereocenters. The number of rotatable bonds is 9. The highest BCUT2D eigenvalue weighted by molar-refractivity contribution is 5.81. The van der Waals surface area contributed by atoms with Crippen LogP contribution in [0.1, 0.15) is 19.8 Å². The van der Waals surface area contributed by atoms with E-state index in [1.54, 1.807) is 19.1 Å². The zero-order valence-electron chi connectivity index (χ0n) is 16.2. The molecule has 1 saturated carbocycles. The molecule has 0 saturated heterocycles. The van der Waals surface area contributed by atoms with Crippen LogP contribution in [0.3, 0.4) is 0 Å². The maximum absolute atomic E-state index is 11.9. The fraction of sp³-hybridized carbons (Fsp3) is 0.318. The van der Waals surface area contributed by atoms with Gasteiger partial charge in [0.25, 0.3) is 5.91 Å². The molecule has 0 radical (unpaired) electrons. The lowest BCUT2D eigenvalue weighted by Gasteiger charge is -2.22. The van der Waals surface area contributed by atoms with Gasteiger partial charge in [0.15, 0.2) is 13.2 Å². The largest absolute Gasteiger partial charge is 0.482 e. The topological polar surface area (TPSA) is 100 Å². The van der Waals surface area contributed by atoms with E-state index >= 15 is 0 Å². The van der Waals surface area contributed by atoms with Crippen molar-refractivity contribution in [2.45, 2.75) is 25.3 Å². The summed E-state index contributed by atoms with van der Waals surface area (Å²) in [5.74, 6) is -0.479. The molecule has 0 unspecified atom stereocenters. The molecule has 7 heteroatoms. The standard InChI is InChI=1S/C22H23N3O4/c1-22(15-23,16-7-8-16)25-20(26)13-29-21(27)14-28-19-11-9-18(10-12-19)24-17-5-3-2-4-6-17/h2-6,9-12,16,24H,7-8,13-14H2,1H3,(H,25,26)/t22-/m0/s1. The molecular formula is C22H23N3O4. The number of ether oxygens (including phenoxy) is 2. The van der Waals surface area contributed by atoms with Gasteiger partial charge in [0.1, 0.15) is 11.3 Å². The molecule has 0 aliphatic heterocycles. The van der Waals surface area contributed by atoms with Gasteiger partial charge < -0.3 is 20.1 Å². The molecule has 29 heavy (non-hydrogen) atoms. The van der Waals surface area contributed by atoms with E-state index in [1.165, 1.54) is 0 Å². The second-order valence-corrected chi connectivity index (χ2v) is 7.10. The summed E-state index contributed by atoms with van der Waals surface area (Å²) in [6.45, 7) is 0.937. The van der Waals surface area contributed by atoms with Crippen molar-refractivity contribution < 1.29 is 19.1 Å². The third kappa shape index (κ3) is 5.98. The van der Waals surface area contributed by atoms with Crippen LogP contribution in [-0.4, -0.2) is 30.6 Å². The molecule has 2 aromatic carbocycles. The molecule has 2 aromatic rings. The van der Waals surface area contributed by atoms with Crippen LogP contribution in [0.2, 0.25) is 0 Å². The monoisotopic (exact) mass is 393 g/mol. The summed E-state index contributed by atoms with van der Waals surface area (Å²) in [4.78, 5) is 23.7. The van der Waals surface area contributed by atoms with Crippen LogP contribution in [0, 0.1) is 17.2 Å². The van der Waals surface area contributed by atoms with Crippen molar-refractivity contribution in [2.75, 3.05) is 18.5 Å². The Balaban J connectivity index is 1.39. The Morgan fingerprint density at radius 1 is 1.07 bits per heavy atom. The smallest absolute Gasteiger partial charge is 0.344 e. The summed E-state index contributed by atoms with van der Waals surface area (Å²) >= 11 is 0. The van der Waals surface area contributed by atoms with Gasteiger partial charge in [-0.1, -0.05) is 18.2 Å². The Kier molecular flexibility index (Phi) is 6.35. The molecular weight excluding hydrogens is 370 g/mol. The van der Waals surface area contributed by atoms with Crippen molar-refractivity contribution in [2.24, 2.45) is 5.92 Å². The minimum absolute atomic E-state index is 0.162. The van der Waals surface area contributed by atoms with Crippen molar-refractivity contribution in [1.29, 1.82) is 5.26 Å². The highest BCUT2D eigenvalue weighted by atomic mass is 16.6. The summed E-state index contributed by atoms with van der Waals surface area (Å²) in [7, 11) is 0. The molecule has 1 aliphatic carbocycles. The highest BCUT2D eigenvalue weighted by Gasteiger charge is 2.43. The van der Waals surface area contributed by atoms with Gasteiger partial charge in [0.2, 0.25) is 0 Å². The molecule has 1 amide bonds. The van der Waals surface area contributed by atoms with Crippen molar-refractivity contribution in [1.82, 2.24) is 5.32 Å². The molecule has 2 N–H and O–H groups in total. The summed E-state index contributed by atoms with van der Waals surface area (Å²) in [6, 6.07) is 19.0. The maximum atomic E-state index is 11.9. The zero-order valence-corrected chi connectivity index (χ0v) is 16.2. The number of nitrogens with one attached hydrogen (secondary N) is 2. The summed E-state index contributed by atoms with van der Waals surface area (Å²) in [5, 5.41) is 15.1. The highest BCUT2D eigenvalue weighted by Crippen LogP contribution is 2.39. The van der Waals surface area contributed by atoms with Crippen molar-refractivity contribution in [3.63, 3.8) is 0 Å². The summed E-state index contributed by atoms with van der Waals surface area (Å²) in [6.07, 6.45) is 1.83. The Bertz CT molecular complexity index is 889. The van der Waals surface area contributed by atoms with Gasteiger partial charge in [-0.3, -0.25) is 4.79 Å². The lowest BCUT2D eigenvalue weighted by Crippen LogP contribution is -2.48. The molecule has 7 nitrogen and oxygen atoms in total. The first-order chi connectivity index (χ1) is 14.0. The maximum Gasteiger partial charge on any atom is 0.344 e. The van der Waals surface area contributed by atoms with Crippen LogP contribution in [0.4, 0.5) is 11.4 Å². The van der Waals surface area contributed by atoms with Crippen LogP contribution >= 0.6 is 0 Å². The van der Waals surface area contributed by atoms with Crippen LogP contribution < -0.4 is 15.4 Å². The number of hydrogen-bond acceptors (Lipinski definition) is 6. The van der Waals surface area contributed by atoms with Crippen molar-refractivity contribution in [3.05, 3.63) is 54.6 Å². The van der Waals surface area contributed by atoms with E-state index in [0.29, 0.717) is 5.75 Å². The van der Waals surface area contributed by atoms with Crippen molar-refractivity contribution >= 4 is 23.3 Å². The molecule has 0 heterocycles. The lowest BCUT2D eigenvalue weighted by molar-refractivity contribution is -0.150. The first-order valence-electron chi connectivity index (χ1n) is 9.41. The minimum Gasteiger partial charge on any atom is -0.482 e. The Labute approximate surface area is 169 Å². The summed E-state index contributed by atoms with van der Waals surface area (Å²) < 4.78 is 10.3. The number of nitrogens with zero attached hydrogens (tertiary/aromatic N) is 1. The zero-order chi connectivity index (χ0) is 20.7. The molecule has 3 rings (SSSR count). The third-order valence-electron chi connectivity index (χ3n) is 4.66. The summed E-state index contributed by atoms with van der Waals surface area (Å²) in [5.41, 5.74) is 0.950. The van der Waals surface area contributed by atoms with Crippen LogP contribution in [0.25, 0.3) is 0 Å². The molecule has 150 valence electrons. The van der Waals surface area contributed by atoms with E-state index < -0.39 is 24.0 Å². The molecule has 1 fully saturated rings. The predicted molar refractivity (Wildman–Crippen MR) is 108 cm³/mol. The Hall–Kier alpha value is -3.53. The number of para-hydroxylation sites is 1. The van der Waals surface area contributed by atoms with E-state index in [0.717, 1.165) is 24.2 Å². The molecule has 0 spiro atoms. The fourth-order valence-corrected chi connectivity index (χ4v) is 2.86. The number of esters is 1. The number of hydrogen-bond donors (Lipinski definition) is 2. The van der Waals surface area contributed by atoms with Crippen LogP contribution in [-0.2, 0) is 14.3 Å². The van der Waals surface area contributed by atoms with Gasteiger partial charge in [-0.25, -0.2) is 4.79 Å². The van der Waals surface area contributed by atoms with E-state index in [1.807, 2.05) is 42.5 Å². The number of amides is 1. The van der Waals surface area contributed by atoms with Gasteiger partial charge in [-0.05, 0) is 62.1 Å². The molecule has 0 aromatic heterocycles. The van der Waals surface area contributed by atoms with Crippen LogP contribution in [0.15, 0.2) is 54.6 Å².